The van der Waals surface area contributed by atoms with Crippen LogP contribution in [0.2, 0.25) is 0 Å². The van der Waals surface area contributed by atoms with Crippen molar-refractivity contribution in [1.82, 2.24) is 9.38 Å². The number of rotatable bonds is 2. The summed E-state index contributed by atoms with van der Waals surface area (Å²) in [7, 11) is 0. The van der Waals surface area contributed by atoms with E-state index in [1.807, 2.05) is 35.9 Å². The van der Waals surface area contributed by atoms with E-state index in [0.717, 1.165) is 16.9 Å². The molecular formula is C10H12N4S. The minimum Gasteiger partial charge on any atom is -0.379 e. The molecule has 2 aromatic rings. The van der Waals surface area contributed by atoms with Crippen LogP contribution in [0.15, 0.2) is 24.5 Å². The standard InChI is InChI=1S/C10H12N4S/c1-7-3-2-4-14-5-8(13-9(7)14)6-15-10(11)12/h2-5H,6H2,1H3,(H3,11,12). The van der Waals surface area contributed by atoms with Crippen molar-refractivity contribution in [1.29, 1.82) is 5.41 Å². The molecule has 0 aliphatic carbocycles. The van der Waals surface area contributed by atoms with Crippen LogP contribution in [-0.2, 0) is 5.75 Å². The fourth-order valence-corrected chi connectivity index (χ4v) is 1.87. The van der Waals surface area contributed by atoms with Crippen molar-refractivity contribution in [2.45, 2.75) is 12.7 Å². The van der Waals surface area contributed by atoms with E-state index in [2.05, 4.69) is 4.98 Å². The average molecular weight is 220 g/mol. The maximum absolute atomic E-state index is 7.13. The van der Waals surface area contributed by atoms with Gasteiger partial charge in [0, 0.05) is 18.1 Å². The number of nitrogens with one attached hydrogen (secondary N) is 1. The third-order valence-corrected chi connectivity index (χ3v) is 2.85. The maximum atomic E-state index is 7.13. The van der Waals surface area contributed by atoms with Crippen molar-refractivity contribution in [3.63, 3.8) is 0 Å². The van der Waals surface area contributed by atoms with Crippen LogP contribution in [0.4, 0.5) is 0 Å². The van der Waals surface area contributed by atoms with Gasteiger partial charge in [-0.15, -0.1) is 0 Å². The molecular weight excluding hydrogens is 208 g/mol. The third kappa shape index (κ3) is 2.12. The van der Waals surface area contributed by atoms with Gasteiger partial charge in [-0.2, -0.15) is 0 Å². The second-order valence-electron chi connectivity index (χ2n) is 3.31. The number of aryl methyl sites for hydroxylation is 1. The lowest BCUT2D eigenvalue weighted by Crippen LogP contribution is -2.03. The number of nitrogens with zero attached hydrogens (tertiary/aromatic N) is 2. The van der Waals surface area contributed by atoms with Gasteiger partial charge in [0.15, 0.2) is 5.17 Å². The third-order valence-electron chi connectivity index (χ3n) is 2.10. The lowest BCUT2D eigenvalue weighted by molar-refractivity contribution is 1.16. The Hall–Kier alpha value is -1.49. The minimum absolute atomic E-state index is 0.128. The van der Waals surface area contributed by atoms with E-state index in [9.17, 15) is 0 Å². The van der Waals surface area contributed by atoms with Crippen LogP contribution in [0.1, 0.15) is 11.3 Å². The molecule has 0 amide bonds. The van der Waals surface area contributed by atoms with Crippen LogP contribution >= 0.6 is 11.8 Å². The Morgan fingerprint density at radius 1 is 1.67 bits per heavy atom. The summed E-state index contributed by atoms with van der Waals surface area (Å²) in [6.07, 6.45) is 3.94. The molecule has 78 valence electrons. The van der Waals surface area contributed by atoms with Gasteiger partial charge in [-0.25, -0.2) is 4.98 Å². The van der Waals surface area contributed by atoms with Crippen molar-refractivity contribution in [2.24, 2.45) is 5.73 Å². The molecule has 2 heterocycles. The average Bonchev–Trinajstić information content (AvgIpc) is 2.59. The predicted molar refractivity (Wildman–Crippen MR) is 63.1 cm³/mol. The summed E-state index contributed by atoms with van der Waals surface area (Å²) in [5.41, 5.74) is 8.34. The van der Waals surface area contributed by atoms with Gasteiger partial charge >= 0.3 is 0 Å². The summed E-state index contributed by atoms with van der Waals surface area (Å²) >= 11 is 1.29. The van der Waals surface area contributed by atoms with E-state index in [0.29, 0.717) is 5.75 Å². The lowest BCUT2D eigenvalue weighted by atomic mass is 10.3. The molecule has 0 aliphatic rings. The Kier molecular flexibility index (Phi) is 2.64. The molecule has 0 unspecified atom stereocenters. The number of nitrogens with two attached hydrogens (primary N) is 1. The summed E-state index contributed by atoms with van der Waals surface area (Å²) in [4.78, 5) is 4.47. The van der Waals surface area contributed by atoms with Crippen molar-refractivity contribution >= 4 is 22.6 Å². The van der Waals surface area contributed by atoms with Crippen molar-refractivity contribution in [3.8, 4) is 0 Å². The zero-order valence-electron chi connectivity index (χ0n) is 8.40. The van der Waals surface area contributed by atoms with E-state index < -0.39 is 0 Å². The molecule has 4 nitrogen and oxygen atoms in total. The van der Waals surface area contributed by atoms with Gasteiger partial charge in [0.05, 0.1) is 5.69 Å². The molecule has 0 bridgehead atoms. The number of hydrogen-bond acceptors (Lipinski definition) is 3. The Labute approximate surface area is 92.0 Å². The first-order chi connectivity index (χ1) is 7.16. The number of thioether (sulfide) groups is 1. The number of imidazole rings is 1. The van der Waals surface area contributed by atoms with Gasteiger partial charge in [0.2, 0.25) is 0 Å². The van der Waals surface area contributed by atoms with Gasteiger partial charge in [0.25, 0.3) is 0 Å². The SMILES string of the molecule is Cc1cccn2cc(CSC(=N)N)nc12. The Balaban J connectivity index is 2.31. The highest BCUT2D eigenvalue weighted by Gasteiger charge is 2.03. The number of aromatic nitrogens is 2. The first-order valence-corrected chi connectivity index (χ1v) is 5.55. The molecule has 0 atom stereocenters. The van der Waals surface area contributed by atoms with E-state index in [1.165, 1.54) is 11.8 Å². The van der Waals surface area contributed by atoms with E-state index in [4.69, 9.17) is 11.1 Å². The summed E-state index contributed by atoms with van der Waals surface area (Å²) < 4.78 is 1.99. The van der Waals surface area contributed by atoms with E-state index in [-0.39, 0.29) is 5.17 Å². The minimum atomic E-state index is 0.128. The smallest absolute Gasteiger partial charge is 0.151 e. The summed E-state index contributed by atoms with van der Waals surface area (Å²) in [6.45, 7) is 2.03. The molecule has 2 aromatic heterocycles. The van der Waals surface area contributed by atoms with Crippen LogP contribution < -0.4 is 5.73 Å². The van der Waals surface area contributed by atoms with Crippen LogP contribution in [0.3, 0.4) is 0 Å². The summed E-state index contributed by atoms with van der Waals surface area (Å²) in [5, 5.41) is 7.26. The molecule has 0 aliphatic heterocycles. The molecule has 0 aromatic carbocycles. The lowest BCUT2D eigenvalue weighted by Gasteiger charge is -1.94. The molecule has 0 saturated heterocycles. The van der Waals surface area contributed by atoms with E-state index in [1.54, 1.807) is 0 Å². The zero-order valence-corrected chi connectivity index (χ0v) is 9.21. The topological polar surface area (TPSA) is 67.2 Å². The second kappa shape index (κ2) is 3.94. The fraction of sp³-hybridized carbons (Fsp3) is 0.200. The van der Waals surface area contributed by atoms with Crippen LogP contribution in [0.25, 0.3) is 5.65 Å². The fourth-order valence-electron chi connectivity index (χ4n) is 1.43. The van der Waals surface area contributed by atoms with Gasteiger partial charge in [-0.3, -0.25) is 5.41 Å². The number of hydrogen-bond donors (Lipinski definition) is 2. The van der Waals surface area contributed by atoms with Gasteiger partial charge in [0.1, 0.15) is 5.65 Å². The van der Waals surface area contributed by atoms with Crippen molar-refractivity contribution in [3.05, 3.63) is 35.8 Å². The van der Waals surface area contributed by atoms with Crippen LogP contribution in [-0.4, -0.2) is 14.6 Å². The molecule has 0 radical (unpaired) electrons. The first-order valence-electron chi connectivity index (χ1n) is 4.57. The second-order valence-corrected chi connectivity index (χ2v) is 4.32. The highest BCUT2D eigenvalue weighted by Crippen LogP contribution is 2.14. The molecule has 3 N–H and O–H groups in total. The maximum Gasteiger partial charge on any atom is 0.151 e. The van der Waals surface area contributed by atoms with Crippen LogP contribution in [0.5, 0.6) is 0 Å². The Morgan fingerprint density at radius 2 is 2.47 bits per heavy atom. The highest BCUT2D eigenvalue weighted by atomic mass is 32.2. The number of fused-ring (bicyclic) bond motifs is 1. The number of amidine groups is 1. The summed E-state index contributed by atoms with van der Waals surface area (Å²) in [6, 6.07) is 4.02. The van der Waals surface area contributed by atoms with Gasteiger partial charge in [-0.05, 0) is 18.6 Å². The predicted octanol–water partition coefficient (Wildman–Crippen LogP) is 1.77. The number of pyridine rings is 1. The zero-order chi connectivity index (χ0) is 10.8. The quantitative estimate of drug-likeness (QED) is 0.598. The molecule has 0 fully saturated rings. The molecule has 2 rings (SSSR count). The molecule has 5 heteroatoms. The Bertz CT molecular complexity index is 503. The normalized spacial score (nSPS) is 10.7. The van der Waals surface area contributed by atoms with Crippen LogP contribution in [0, 0.1) is 12.3 Å². The summed E-state index contributed by atoms with van der Waals surface area (Å²) in [5.74, 6) is 0.649. The van der Waals surface area contributed by atoms with Crippen molar-refractivity contribution in [2.75, 3.05) is 0 Å². The largest absolute Gasteiger partial charge is 0.379 e. The van der Waals surface area contributed by atoms with Gasteiger partial charge in [-0.1, -0.05) is 17.8 Å². The van der Waals surface area contributed by atoms with E-state index >= 15 is 0 Å². The molecule has 0 saturated carbocycles. The molecule has 15 heavy (non-hydrogen) atoms. The molecule has 0 spiro atoms. The first kappa shape index (κ1) is 10.0. The van der Waals surface area contributed by atoms with Crippen molar-refractivity contribution < 1.29 is 0 Å². The highest BCUT2D eigenvalue weighted by molar-refractivity contribution is 8.13. The Morgan fingerprint density at radius 3 is 3.13 bits per heavy atom. The van der Waals surface area contributed by atoms with Gasteiger partial charge < -0.3 is 10.1 Å². The monoisotopic (exact) mass is 220 g/mol.